The van der Waals surface area contributed by atoms with E-state index in [4.69, 9.17) is 5.73 Å². The molecule has 2 aliphatic rings. The monoisotopic (exact) mass is 281 g/mol. The van der Waals surface area contributed by atoms with E-state index in [2.05, 4.69) is 30.6 Å². The Labute approximate surface area is 125 Å². The van der Waals surface area contributed by atoms with Crippen molar-refractivity contribution in [3.63, 3.8) is 0 Å². The summed E-state index contributed by atoms with van der Waals surface area (Å²) in [7, 11) is 0. The molecule has 1 saturated carbocycles. The summed E-state index contributed by atoms with van der Waals surface area (Å²) in [4.78, 5) is 5.35. The van der Waals surface area contributed by atoms with E-state index in [0.717, 1.165) is 18.9 Å². The third kappa shape index (κ3) is 5.34. The molecule has 20 heavy (non-hydrogen) atoms. The first-order chi connectivity index (χ1) is 9.44. The molecule has 1 saturated heterocycles. The summed E-state index contributed by atoms with van der Waals surface area (Å²) < 4.78 is 0. The van der Waals surface area contributed by atoms with Gasteiger partial charge >= 0.3 is 0 Å². The van der Waals surface area contributed by atoms with Crippen LogP contribution in [0.2, 0.25) is 0 Å². The number of piperazine rings is 1. The predicted molar refractivity (Wildman–Crippen MR) is 86.9 cm³/mol. The first kappa shape index (κ1) is 16.3. The summed E-state index contributed by atoms with van der Waals surface area (Å²) in [5.74, 6) is 0. The van der Waals surface area contributed by atoms with Gasteiger partial charge in [0.1, 0.15) is 0 Å². The lowest BCUT2D eigenvalue weighted by molar-refractivity contribution is 0.0950. The van der Waals surface area contributed by atoms with E-state index in [1.54, 1.807) is 0 Å². The van der Waals surface area contributed by atoms with Crippen LogP contribution in [0.1, 0.15) is 59.3 Å². The topological polar surface area (TPSA) is 32.5 Å². The molecule has 1 aliphatic heterocycles. The van der Waals surface area contributed by atoms with Gasteiger partial charge in [0.25, 0.3) is 0 Å². The number of hydrogen-bond donors (Lipinski definition) is 1. The van der Waals surface area contributed by atoms with Crippen molar-refractivity contribution in [2.45, 2.75) is 71.4 Å². The summed E-state index contributed by atoms with van der Waals surface area (Å²) in [5.41, 5.74) is 6.63. The van der Waals surface area contributed by atoms with Crippen molar-refractivity contribution in [1.29, 1.82) is 0 Å². The van der Waals surface area contributed by atoms with Crippen molar-refractivity contribution < 1.29 is 0 Å². The zero-order valence-corrected chi connectivity index (χ0v) is 13.9. The maximum Gasteiger partial charge on any atom is 0.0113 e. The van der Waals surface area contributed by atoms with E-state index in [-0.39, 0.29) is 0 Å². The van der Waals surface area contributed by atoms with Gasteiger partial charge < -0.3 is 10.6 Å². The van der Waals surface area contributed by atoms with Gasteiger partial charge in [0.15, 0.2) is 0 Å². The average Bonchev–Trinajstić information content (AvgIpc) is 2.89. The van der Waals surface area contributed by atoms with E-state index < -0.39 is 0 Å². The summed E-state index contributed by atoms with van der Waals surface area (Å²) in [6.07, 6.45) is 8.07. The van der Waals surface area contributed by atoms with Crippen LogP contribution in [0.5, 0.6) is 0 Å². The minimum absolute atomic E-state index is 0.362. The van der Waals surface area contributed by atoms with Gasteiger partial charge in [0.05, 0.1) is 0 Å². The molecule has 1 unspecified atom stereocenters. The molecule has 0 spiro atoms. The van der Waals surface area contributed by atoms with Gasteiger partial charge in [-0.3, -0.25) is 4.90 Å². The molecule has 118 valence electrons. The zero-order valence-electron chi connectivity index (χ0n) is 13.9. The van der Waals surface area contributed by atoms with Crippen molar-refractivity contribution in [2.24, 2.45) is 11.1 Å². The normalized spacial score (nSPS) is 25.2. The van der Waals surface area contributed by atoms with Crippen LogP contribution in [0.4, 0.5) is 0 Å². The molecule has 3 heteroatoms. The molecule has 0 aromatic heterocycles. The highest BCUT2D eigenvalue weighted by Crippen LogP contribution is 2.24. The summed E-state index contributed by atoms with van der Waals surface area (Å²) in [5, 5.41) is 0. The molecule has 1 heterocycles. The van der Waals surface area contributed by atoms with Gasteiger partial charge in [-0.05, 0) is 37.6 Å². The third-order valence-electron chi connectivity index (χ3n) is 4.94. The SMILES string of the molecule is CC(C)(C)CC(N)CCN1CCN(C2CCCC2)CC1. The van der Waals surface area contributed by atoms with Crippen molar-refractivity contribution >= 4 is 0 Å². The number of nitrogens with two attached hydrogens (primary N) is 1. The third-order valence-corrected chi connectivity index (χ3v) is 4.94. The first-order valence-corrected chi connectivity index (χ1v) is 8.66. The fourth-order valence-corrected chi connectivity index (χ4v) is 3.86. The van der Waals surface area contributed by atoms with Crippen LogP contribution >= 0.6 is 0 Å². The molecule has 2 N–H and O–H groups in total. The number of hydrogen-bond acceptors (Lipinski definition) is 3. The van der Waals surface area contributed by atoms with E-state index in [0.29, 0.717) is 11.5 Å². The van der Waals surface area contributed by atoms with Crippen molar-refractivity contribution in [3.05, 3.63) is 0 Å². The second-order valence-corrected chi connectivity index (χ2v) is 8.13. The van der Waals surface area contributed by atoms with Gasteiger partial charge in [-0.25, -0.2) is 0 Å². The smallest absolute Gasteiger partial charge is 0.0113 e. The molecule has 0 aromatic rings. The molecule has 0 aromatic carbocycles. The molecule has 1 atom stereocenters. The minimum Gasteiger partial charge on any atom is -0.328 e. The maximum absolute atomic E-state index is 6.27. The number of rotatable bonds is 5. The maximum atomic E-state index is 6.27. The number of nitrogens with zero attached hydrogens (tertiary/aromatic N) is 2. The highest BCUT2D eigenvalue weighted by atomic mass is 15.3. The molecular formula is C17H35N3. The average molecular weight is 281 g/mol. The first-order valence-electron chi connectivity index (χ1n) is 8.66. The van der Waals surface area contributed by atoms with Gasteiger partial charge in [-0.15, -0.1) is 0 Å². The van der Waals surface area contributed by atoms with Gasteiger partial charge in [-0.1, -0.05) is 33.6 Å². The molecule has 0 bridgehead atoms. The van der Waals surface area contributed by atoms with Crippen molar-refractivity contribution in [3.8, 4) is 0 Å². The van der Waals surface area contributed by atoms with Crippen LogP contribution in [0, 0.1) is 5.41 Å². The van der Waals surface area contributed by atoms with E-state index in [1.165, 1.54) is 58.4 Å². The zero-order chi connectivity index (χ0) is 14.6. The Morgan fingerprint density at radius 3 is 2.20 bits per heavy atom. The Balaban J connectivity index is 1.62. The van der Waals surface area contributed by atoms with Crippen LogP contribution in [-0.4, -0.2) is 54.6 Å². The largest absolute Gasteiger partial charge is 0.328 e. The van der Waals surface area contributed by atoms with Crippen LogP contribution in [0.25, 0.3) is 0 Å². The molecular weight excluding hydrogens is 246 g/mol. The lowest BCUT2D eigenvalue weighted by Gasteiger charge is -2.38. The van der Waals surface area contributed by atoms with E-state index >= 15 is 0 Å². The van der Waals surface area contributed by atoms with Gasteiger partial charge in [0, 0.05) is 38.3 Å². The minimum atomic E-state index is 0.362. The molecule has 0 radical (unpaired) electrons. The molecule has 2 rings (SSSR count). The molecule has 2 fully saturated rings. The van der Waals surface area contributed by atoms with Crippen LogP contribution in [0.3, 0.4) is 0 Å². The quantitative estimate of drug-likeness (QED) is 0.841. The van der Waals surface area contributed by atoms with E-state index in [9.17, 15) is 0 Å². The Morgan fingerprint density at radius 2 is 1.65 bits per heavy atom. The summed E-state index contributed by atoms with van der Waals surface area (Å²) in [6.45, 7) is 13.1. The molecule has 1 aliphatic carbocycles. The standard InChI is InChI=1S/C17H35N3/c1-17(2,3)14-15(18)8-9-19-10-12-20(13-11-19)16-6-4-5-7-16/h15-16H,4-14,18H2,1-3H3. The predicted octanol–water partition coefficient (Wildman–Crippen LogP) is 2.70. The highest BCUT2D eigenvalue weighted by molar-refractivity contribution is 4.82. The Kier molecular flexibility index (Phi) is 5.88. The van der Waals surface area contributed by atoms with Crippen LogP contribution in [-0.2, 0) is 0 Å². The molecule has 3 nitrogen and oxygen atoms in total. The lowest BCUT2D eigenvalue weighted by Crippen LogP contribution is -2.50. The fraction of sp³-hybridized carbons (Fsp3) is 1.00. The Morgan fingerprint density at radius 1 is 1.05 bits per heavy atom. The molecule has 0 amide bonds. The van der Waals surface area contributed by atoms with Crippen molar-refractivity contribution in [2.75, 3.05) is 32.7 Å². The Hall–Kier alpha value is -0.120. The highest BCUT2D eigenvalue weighted by Gasteiger charge is 2.26. The summed E-state index contributed by atoms with van der Waals surface area (Å²) >= 11 is 0. The van der Waals surface area contributed by atoms with Crippen LogP contribution in [0.15, 0.2) is 0 Å². The second-order valence-electron chi connectivity index (χ2n) is 8.13. The van der Waals surface area contributed by atoms with Crippen LogP contribution < -0.4 is 5.73 Å². The lowest BCUT2D eigenvalue weighted by atomic mass is 9.87. The van der Waals surface area contributed by atoms with Crippen molar-refractivity contribution in [1.82, 2.24) is 9.80 Å². The second kappa shape index (κ2) is 7.24. The summed E-state index contributed by atoms with van der Waals surface area (Å²) in [6, 6.07) is 1.27. The fourth-order valence-electron chi connectivity index (χ4n) is 3.86. The van der Waals surface area contributed by atoms with E-state index in [1.807, 2.05) is 0 Å². The van der Waals surface area contributed by atoms with Gasteiger partial charge in [-0.2, -0.15) is 0 Å². The van der Waals surface area contributed by atoms with Gasteiger partial charge in [0.2, 0.25) is 0 Å². The Bertz CT molecular complexity index is 270.